The van der Waals surface area contributed by atoms with Crippen molar-refractivity contribution >= 4 is 29.9 Å². The van der Waals surface area contributed by atoms with Crippen LogP contribution < -0.4 is 5.32 Å². The molecule has 1 aromatic heterocycles. The van der Waals surface area contributed by atoms with Crippen LogP contribution in [0.25, 0.3) is 0 Å². The Hall–Kier alpha value is -1.67. The number of hydrogen-bond acceptors (Lipinski definition) is 4. The molecule has 9 heteroatoms. The molecule has 2 N–H and O–H groups in total. The fraction of sp³-hybridized carbons (Fsp3) is 0.412. The summed E-state index contributed by atoms with van der Waals surface area (Å²) in [5, 5.41) is 10.7. The van der Waals surface area contributed by atoms with Crippen LogP contribution >= 0.6 is 24.0 Å². The van der Waals surface area contributed by atoms with Gasteiger partial charge in [0.05, 0.1) is 6.61 Å². The number of aromatic amines is 1. The molecule has 1 aromatic carbocycles. The lowest BCUT2D eigenvalue weighted by Crippen LogP contribution is -2.35. The van der Waals surface area contributed by atoms with Crippen molar-refractivity contribution in [1.29, 1.82) is 0 Å². The van der Waals surface area contributed by atoms with Gasteiger partial charge in [0, 0.05) is 56.0 Å². The molecule has 6 nitrogen and oxygen atoms in total. The second-order valence-electron chi connectivity index (χ2n) is 5.91. The first-order valence-corrected chi connectivity index (χ1v) is 8.47. The number of methoxy groups -OCH3 is 1. The fourth-order valence-corrected chi connectivity index (χ4v) is 3.09. The molecule has 0 unspecified atom stereocenters. The van der Waals surface area contributed by atoms with Gasteiger partial charge in [-0.05, 0) is 17.7 Å². The van der Waals surface area contributed by atoms with Crippen molar-refractivity contribution in [3.63, 3.8) is 0 Å². The minimum atomic E-state index is -0.407. The van der Waals surface area contributed by atoms with E-state index in [0.717, 1.165) is 24.2 Å². The van der Waals surface area contributed by atoms with Crippen LogP contribution in [0.2, 0.25) is 5.02 Å². The molecular weight excluding hydrogens is 382 g/mol. The maximum absolute atomic E-state index is 13.3. The quantitative estimate of drug-likeness (QED) is 0.778. The molecule has 0 saturated carbocycles. The molecule has 26 heavy (non-hydrogen) atoms. The Labute approximate surface area is 162 Å². The molecular formula is C17H21Cl2FN4O2. The molecule has 0 fully saturated rings. The minimum Gasteiger partial charge on any atom is -0.383 e. The van der Waals surface area contributed by atoms with E-state index < -0.39 is 5.82 Å². The molecule has 0 atom stereocenters. The highest BCUT2D eigenvalue weighted by molar-refractivity contribution is 6.31. The Kier molecular flexibility index (Phi) is 7.40. The summed E-state index contributed by atoms with van der Waals surface area (Å²) < 4.78 is 18.4. The largest absolute Gasteiger partial charge is 0.383 e. The van der Waals surface area contributed by atoms with Gasteiger partial charge < -0.3 is 15.0 Å². The number of H-pyrrole nitrogens is 1. The summed E-state index contributed by atoms with van der Waals surface area (Å²) in [4.78, 5) is 14.6. The summed E-state index contributed by atoms with van der Waals surface area (Å²) in [5.41, 5.74) is 2.99. The van der Waals surface area contributed by atoms with Gasteiger partial charge >= 0.3 is 0 Å². The first-order valence-electron chi connectivity index (χ1n) is 8.09. The lowest BCUT2D eigenvalue weighted by molar-refractivity contribution is 0.0673. The molecule has 0 aliphatic carbocycles. The summed E-state index contributed by atoms with van der Waals surface area (Å²) in [6, 6.07) is 4.17. The minimum absolute atomic E-state index is 0. The molecule has 1 aliphatic rings. The molecule has 3 rings (SSSR count). The van der Waals surface area contributed by atoms with Crippen molar-refractivity contribution < 1.29 is 13.9 Å². The van der Waals surface area contributed by atoms with Gasteiger partial charge in [-0.1, -0.05) is 17.7 Å². The Morgan fingerprint density at radius 2 is 2.27 bits per heavy atom. The van der Waals surface area contributed by atoms with Crippen LogP contribution in [0.4, 0.5) is 4.39 Å². The van der Waals surface area contributed by atoms with Crippen LogP contribution in [0.3, 0.4) is 0 Å². The second-order valence-corrected chi connectivity index (χ2v) is 6.32. The number of nitrogens with zero attached hydrogens (tertiary/aromatic N) is 2. The number of hydrogen-bond donors (Lipinski definition) is 2. The molecule has 0 radical (unpaired) electrons. The highest BCUT2D eigenvalue weighted by Gasteiger charge is 2.26. The number of ether oxygens (including phenoxy) is 1. The highest BCUT2D eigenvalue weighted by atomic mass is 35.5. The monoisotopic (exact) mass is 402 g/mol. The van der Waals surface area contributed by atoms with Crippen LogP contribution in [-0.4, -0.2) is 47.8 Å². The number of carbonyl (C=O) groups excluding carboxylic acids is 1. The zero-order chi connectivity index (χ0) is 17.8. The van der Waals surface area contributed by atoms with E-state index in [1.807, 2.05) is 0 Å². The van der Waals surface area contributed by atoms with Crippen molar-refractivity contribution in [2.24, 2.45) is 0 Å². The first kappa shape index (κ1) is 20.6. The molecule has 142 valence electrons. The van der Waals surface area contributed by atoms with Crippen LogP contribution in [0.15, 0.2) is 18.2 Å². The van der Waals surface area contributed by atoms with Gasteiger partial charge in [-0.3, -0.25) is 9.89 Å². The van der Waals surface area contributed by atoms with Crippen LogP contribution in [0, 0.1) is 5.82 Å². The van der Waals surface area contributed by atoms with Crippen molar-refractivity contribution in [3.05, 3.63) is 51.6 Å². The topological polar surface area (TPSA) is 70.2 Å². The number of halogens is 3. The van der Waals surface area contributed by atoms with E-state index in [4.69, 9.17) is 16.3 Å². The van der Waals surface area contributed by atoms with E-state index in [0.29, 0.717) is 36.0 Å². The van der Waals surface area contributed by atoms with E-state index >= 15 is 0 Å². The molecule has 0 bridgehead atoms. The highest BCUT2D eigenvalue weighted by Crippen LogP contribution is 2.22. The van der Waals surface area contributed by atoms with Gasteiger partial charge in [0.2, 0.25) is 0 Å². The predicted molar refractivity (Wildman–Crippen MR) is 99.3 cm³/mol. The van der Waals surface area contributed by atoms with E-state index in [9.17, 15) is 9.18 Å². The van der Waals surface area contributed by atoms with E-state index in [1.54, 1.807) is 18.1 Å². The SMILES string of the molecule is COCCN(Cc1ccc(F)cc1Cl)C(=O)c1n[nH]c2c1CNCC2.Cl. The Morgan fingerprint density at radius 1 is 1.46 bits per heavy atom. The fourth-order valence-electron chi connectivity index (χ4n) is 2.86. The van der Waals surface area contributed by atoms with Crippen LogP contribution in [0.1, 0.15) is 27.3 Å². The van der Waals surface area contributed by atoms with Gasteiger partial charge in [-0.15, -0.1) is 12.4 Å². The number of fused-ring (bicyclic) bond motifs is 1. The molecule has 0 saturated heterocycles. The standard InChI is InChI=1S/C17H20ClFN4O2.ClH/c1-25-7-6-23(10-11-2-3-12(19)8-14(11)18)17(24)16-13-9-20-5-4-15(13)21-22-16;/h2-3,8,20H,4-7,9-10H2,1H3,(H,21,22);1H. The number of aromatic nitrogens is 2. The van der Waals surface area contributed by atoms with Crippen molar-refractivity contribution in [2.45, 2.75) is 19.5 Å². The molecule has 1 amide bonds. The predicted octanol–water partition coefficient (Wildman–Crippen LogP) is 2.56. The first-order chi connectivity index (χ1) is 12.1. The number of amides is 1. The number of rotatable bonds is 6. The summed E-state index contributed by atoms with van der Waals surface area (Å²) in [5.74, 6) is -0.602. The Morgan fingerprint density at radius 3 is 3.00 bits per heavy atom. The van der Waals surface area contributed by atoms with E-state index in [1.165, 1.54) is 12.1 Å². The average molecular weight is 403 g/mol. The summed E-state index contributed by atoms with van der Waals surface area (Å²) >= 11 is 6.11. The van der Waals surface area contributed by atoms with Crippen molar-refractivity contribution in [2.75, 3.05) is 26.8 Å². The Bertz CT molecular complexity index is 769. The third kappa shape index (κ3) is 4.54. The zero-order valence-electron chi connectivity index (χ0n) is 14.3. The third-order valence-electron chi connectivity index (χ3n) is 4.24. The lowest BCUT2D eigenvalue weighted by atomic mass is 10.1. The maximum atomic E-state index is 13.3. The molecule has 2 aromatic rings. The molecule has 2 heterocycles. The summed E-state index contributed by atoms with van der Waals surface area (Å²) in [7, 11) is 1.58. The number of benzene rings is 1. The normalized spacial score (nSPS) is 13.0. The number of carbonyl (C=O) groups is 1. The molecule has 0 spiro atoms. The number of nitrogens with one attached hydrogen (secondary N) is 2. The van der Waals surface area contributed by atoms with E-state index in [-0.39, 0.29) is 24.9 Å². The summed E-state index contributed by atoms with van der Waals surface area (Å²) in [6.07, 6.45) is 0.817. The zero-order valence-corrected chi connectivity index (χ0v) is 15.9. The van der Waals surface area contributed by atoms with Gasteiger partial charge in [0.1, 0.15) is 5.82 Å². The lowest BCUT2D eigenvalue weighted by Gasteiger charge is -2.23. The molecule has 1 aliphatic heterocycles. The van der Waals surface area contributed by atoms with Gasteiger partial charge in [-0.25, -0.2) is 4.39 Å². The van der Waals surface area contributed by atoms with Crippen molar-refractivity contribution in [3.8, 4) is 0 Å². The van der Waals surface area contributed by atoms with E-state index in [2.05, 4.69) is 15.5 Å². The summed E-state index contributed by atoms with van der Waals surface area (Å²) in [6.45, 7) is 2.51. The maximum Gasteiger partial charge on any atom is 0.275 e. The second kappa shape index (κ2) is 9.32. The van der Waals surface area contributed by atoms with Crippen LogP contribution in [0.5, 0.6) is 0 Å². The third-order valence-corrected chi connectivity index (χ3v) is 4.59. The van der Waals surface area contributed by atoms with Crippen LogP contribution in [-0.2, 0) is 24.2 Å². The van der Waals surface area contributed by atoms with Gasteiger partial charge in [-0.2, -0.15) is 5.10 Å². The van der Waals surface area contributed by atoms with Gasteiger partial charge in [0.15, 0.2) is 5.69 Å². The van der Waals surface area contributed by atoms with Gasteiger partial charge in [0.25, 0.3) is 5.91 Å². The average Bonchev–Trinajstić information content (AvgIpc) is 3.04. The smallest absolute Gasteiger partial charge is 0.275 e. The Balaban J connectivity index is 0.00000243. The van der Waals surface area contributed by atoms with Crippen molar-refractivity contribution in [1.82, 2.24) is 20.4 Å².